The zero-order valence-corrected chi connectivity index (χ0v) is 15.7. The summed E-state index contributed by atoms with van der Waals surface area (Å²) in [7, 11) is 4.92. The fraction of sp³-hybridized carbons (Fsp3) is 0.474. The van der Waals surface area contributed by atoms with Crippen LogP contribution in [0.3, 0.4) is 0 Å². The van der Waals surface area contributed by atoms with Gasteiger partial charge in [-0.25, -0.2) is 4.98 Å². The third-order valence-corrected chi connectivity index (χ3v) is 4.79. The quantitative estimate of drug-likeness (QED) is 0.852. The van der Waals surface area contributed by atoms with Crippen LogP contribution in [-0.4, -0.2) is 50.1 Å². The molecule has 0 bridgehead atoms. The van der Waals surface area contributed by atoms with Crippen molar-refractivity contribution in [3.8, 4) is 23.0 Å². The standard InChI is InChI=1S/C19H25N3O4/c1-12-16(11-22-8-7-13(10-22)18(23)20-2)21-19(26-12)15-9-14(24-3)5-6-17(15)25-4/h5-6,9,13H,7-8,10-11H2,1-4H3,(H,20,23)/t13-/m1/s1. The summed E-state index contributed by atoms with van der Waals surface area (Å²) in [6, 6.07) is 5.52. The first kappa shape index (κ1) is 18.3. The molecule has 7 heteroatoms. The van der Waals surface area contributed by atoms with Crippen molar-refractivity contribution in [1.82, 2.24) is 15.2 Å². The zero-order valence-electron chi connectivity index (χ0n) is 15.7. The Morgan fingerprint density at radius 1 is 1.38 bits per heavy atom. The monoisotopic (exact) mass is 359 g/mol. The first-order chi connectivity index (χ1) is 12.5. The maximum absolute atomic E-state index is 11.8. The lowest BCUT2D eigenvalue weighted by Crippen LogP contribution is -2.30. The predicted molar refractivity (Wildman–Crippen MR) is 97.2 cm³/mol. The van der Waals surface area contributed by atoms with Gasteiger partial charge in [-0.15, -0.1) is 0 Å². The number of rotatable bonds is 6. The number of methoxy groups -OCH3 is 2. The van der Waals surface area contributed by atoms with Gasteiger partial charge in [0.2, 0.25) is 11.8 Å². The first-order valence-corrected chi connectivity index (χ1v) is 8.68. The average molecular weight is 359 g/mol. The smallest absolute Gasteiger partial charge is 0.230 e. The molecular formula is C19H25N3O4. The van der Waals surface area contributed by atoms with E-state index in [9.17, 15) is 4.79 Å². The van der Waals surface area contributed by atoms with Crippen molar-refractivity contribution in [2.75, 3.05) is 34.4 Å². The lowest BCUT2D eigenvalue weighted by Gasteiger charge is -2.14. The van der Waals surface area contributed by atoms with Crippen LogP contribution in [0.2, 0.25) is 0 Å². The number of likely N-dealkylation sites (tertiary alicyclic amines) is 1. The minimum atomic E-state index is 0.0464. The van der Waals surface area contributed by atoms with Crippen LogP contribution in [0.15, 0.2) is 22.6 Å². The Bertz CT molecular complexity index is 787. The predicted octanol–water partition coefficient (Wildman–Crippen LogP) is 2.24. The van der Waals surface area contributed by atoms with Gasteiger partial charge >= 0.3 is 0 Å². The highest BCUT2D eigenvalue weighted by molar-refractivity contribution is 5.78. The summed E-state index contributed by atoms with van der Waals surface area (Å²) in [6.07, 6.45) is 0.868. The van der Waals surface area contributed by atoms with Gasteiger partial charge in [0.05, 0.1) is 31.4 Å². The molecule has 0 aliphatic carbocycles. The van der Waals surface area contributed by atoms with Crippen molar-refractivity contribution in [2.24, 2.45) is 5.92 Å². The van der Waals surface area contributed by atoms with E-state index < -0.39 is 0 Å². The minimum Gasteiger partial charge on any atom is -0.497 e. The molecule has 1 fully saturated rings. The van der Waals surface area contributed by atoms with E-state index in [1.807, 2.05) is 25.1 Å². The van der Waals surface area contributed by atoms with E-state index in [1.54, 1.807) is 21.3 Å². The van der Waals surface area contributed by atoms with E-state index in [1.165, 1.54) is 0 Å². The van der Waals surface area contributed by atoms with Gasteiger partial charge in [-0.1, -0.05) is 0 Å². The van der Waals surface area contributed by atoms with E-state index in [2.05, 4.69) is 15.2 Å². The van der Waals surface area contributed by atoms with Crippen molar-refractivity contribution >= 4 is 5.91 Å². The summed E-state index contributed by atoms with van der Waals surface area (Å²) in [5, 5.41) is 2.73. The van der Waals surface area contributed by atoms with Gasteiger partial charge in [-0.2, -0.15) is 0 Å². The van der Waals surface area contributed by atoms with Crippen LogP contribution >= 0.6 is 0 Å². The molecule has 1 atom stereocenters. The SMILES string of the molecule is CNC(=O)[C@@H]1CCN(Cc2nc(-c3cc(OC)ccc3OC)oc2C)C1. The molecular weight excluding hydrogens is 334 g/mol. The van der Waals surface area contributed by atoms with Crippen LogP contribution in [0.5, 0.6) is 11.5 Å². The van der Waals surface area contributed by atoms with Gasteiger partial charge in [0.15, 0.2) is 0 Å². The normalized spacial score (nSPS) is 17.3. The Kier molecular flexibility index (Phi) is 5.46. The summed E-state index contributed by atoms with van der Waals surface area (Å²) < 4.78 is 16.6. The molecule has 7 nitrogen and oxygen atoms in total. The van der Waals surface area contributed by atoms with Crippen LogP contribution < -0.4 is 14.8 Å². The molecule has 1 N–H and O–H groups in total. The number of aromatic nitrogens is 1. The number of benzene rings is 1. The highest BCUT2D eigenvalue weighted by atomic mass is 16.5. The van der Waals surface area contributed by atoms with E-state index in [0.29, 0.717) is 23.9 Å². The number of carbonyl (C=O) groups excluding carboxylic acids is 1. The summed E-state index contributed by atoms with van der Waals surface area (Å²) in [4.78, 5) is 18.7. The summed E-state index contributed by atoms with van der Waals surface area (Å²) in [6.45, 7) is 4.19. The second-order valence-electron chi connectivity index (χ2n) is 6.42. The lowest BCUT2D eigenvalue weighted by molar-refractivity contribution is -0.124. The van der Waals surface area contributed by atoms with E-state index in [0.717, 1.165) is 36.5 Å². The molecule has 140 valence electrons. The molecule has 2 heterocycles. The molecule has 0 unspecified atom stereocenters. The molecule has 1 aromatic carbocycles. The Morgan fingerprint density at radius 2 is 2.19 bits per heavy atom. The maximum Gasteiger partial charge on any atom is 0.230 e. The molecule has 26 heavy (non-hydrogen) atoms. The number of hydrogen-bond donors (Lipinski definition) is 1. The van der Waals surface area contributed by atoms with Crippen LogP contribution in [0.25, 0.3) is 11.5 Å². The molecule has 2 aromatic rings. The van der Waals surface area contributed by atoms with Crippen molar-refractivity contribution in [2.45, 2.75) is 19.9 Å². The number of aryl methyl sites for hydroxylation is 1. The number of ether oxygens (including phenoxy) is 2. The van der Waals surface area contributed by atoms with Gasteiger partial charge in [0.1, 0.15) is 17.3 Å². The van der Waals surface area contributed by atoms with Crippen molar-refractivity contribution < 1.29 is 18.7 Å². The molecule has 0 spiro atoms. The largest absolute Gasteiger partial charge is 0.497 e. The molecule has 1 aliphatic rings. The summed E-state index contributed by atoms with van der Waals surface area (Å²) >= 11 is 0. The summed E-state index contributed by atoms with van der Waals surface area (Å²) in [5.74, 6) is 2.82. The topological polar surface area (TPSA) is 76.8 Å². The molecule has 1 amide bonds. The maximum atomic E-state index is 11.8. The first-order valence-electron chi connectivity index (χ1n) is 8.68. The van der Waals surface area contributed by atoms with Crippen LogP contribution in [0.4, 0.5) is 0 Å². The highest BCUT2D eigenvalue weighted by Gasteiger charge is 2.28. The van der Waals surface area contributed by atoms with Crippen LogP contribution in [0.1, 0.15) is 17.9 Å². The lowest BCUT2D eigenvalue weighted by atomic mass is 10.1. The van der Waals surface area contributed by atoms with Crippen LogP contribution in [-0.2, 0) is 11.3 Å². The van der Waals surface area contributed by atoms with Gasteiger partial charge in [-0.05, 0) is 38.1 Å². The number of oxazole rings is 1. The molecule has 1 saturated heterocycles. The highest BCUT2D eigenvalue weighted by Crippen LogP contribution is 2.34. The number of nitrogens with zero attached hydrogens (tertiary/aromatic N) is 2. The number of nitrogens with one attached hydrogen (secondary N) is 1. The van der Waals surface area contributed by atoms with Crippen molar-refractivity contribution in [3.05, 3.63) is 29.7 Å². The average Bonchev–Trinajstić information content (AvgIpc) is 3.28. The van der Waals surface area contributed by atoms with Crippen molar-refractivity contribution in [1.29, 1.82) is 0 Å². The van der Waals surface area contributed by atoms with Gasteiger partial charge < -0.3 is 19.2 Å². The fourth-order valence-corrected chi connectivity index (χ4v) is 3.28. The molecule has 0 saturated carbocycles. The number of hydrogen-bond acceptors (Lipinski definition) is 6. The van der Waals surface area contributed by atoms with E-state index in [-0.39, 0.29) is 11.8 Å². The molecule has 3 rings (SSSR count). The van der Waals surface area contributed by atoms with E-state index >= 15 is 0 Å². The number of carbonyl (C=O) groups is 1. The zero-order chi connectivity index (χ0) is 18.7. The number of amides is 1. The Labute approximate surface area is 153 Å². The third-order valence-electron chi connectivity index (χ3n) is 4.79. The van der Waals surface area contributed by atoms with Gasteiger partial charge in [0.25, 0.3) is 0 Å². The molecule has 0 radical (unpaired) electrons. The summed E-state index contributed by atoms with van der Waals surface area (Å²) in [5.41, 5.74) is 1.63. The minimum absolute atomic E-state index is 0.0464. The Morgan fingerprint density at radius 3 is 2.88 bits per heavy atom. The molecule has 1 aliphatic heterocycles. The molecule has 1 aromatic heterocycles. The van der Waals surface area contributed by atoms with Crippen LogP contribution in [0, 0.1) is 12.8 Å². The Balaban J connectivity index is 1.79. The second-order valence-corrected chi connectivity index (χ2v) is 6.42. The Hall–Kier alpha value is -2.54. The van der Waals surface area contributed by atoms with Gasteiger partial charge in [0, 0.05) is 20.1 Å². The van der Waals surface area contributed by atoms with Crippen molar-refractivity contribution in [3.63, 3.8) is 0 Å². The fourth-order valence-electron chi connectivity index (χ4n) is 3.28. The second kappa shape index (κ2) is 7.78. The van der Waals surface area contributed by atoms with E-state index in [4.69, 9.17) is 13.9 Å². The van der Waals surface area contributed by atoms with Gasteiger partial charge in [-0.3, -0.25) is 9.69 Å². The third kappa shape index (κ3) is 3.67.